The van der Waals surface area contributed by atoms with Crippen LogP contribution in [0.3, 0.4) is 0 Å². The minimum atomic E-state index is -0.136. The predicted molar refractivity (Wildman–Crippen MR) is 65.1 cm³/mol. The molecular weight excluding hydrogens is 212 g/mol. The van der Waals surface area contributed by atoms with Crippen LogP contribution in [0.25, 0.3) is 0 Å². The number of nitrogens with zero attached hydrogens (tertiary/aromatic N) is 2. The third kappa shape index (κ3) is 3.48. The fourth-order valence-corrected chi connectivity index (χ4v) is 1.76. The summed E-state index contributed by atoms with van der Waals surface area (Å²) in [5, 5.41) is 0. The molecule has 2 heterocycles. The van der Waals surface area contributed by atoms with Gasteiger partial charge in [0.2, 0.25) is 6.29 Å². The van der Waals surface area contributed by atoms with Crippen LogP contribution in [0.2, 0.25) is 0 Å². The molecule has 3 heteroatoms. The predicted octanol–water partition coefficient (Wildman–Crippen LogP) is 1.99. The Balaban J connectivity index is 2.01. The summed E-state index contributed by atoms with van der Waals surface area (Å²) >= 11 is 0. The van der Waals surface area contributed by atoms with Crippen molar-refractivity contribution >= 4 is 6.29 Å². The van der Waals surface area contributed by atoms with Gasteiger partial charge >= 0.3 is 0 Å². The van der Waals surface area contributed by atoms with E-state index in [0.717, 1.165) is 11.1 Å². The highest BCUT2D eigenvalue weighted by atomic mass is 16.1. The van der Waals surface area contributed by atoms with Crippen molar-refractivity contribution in [2.75, 3.05) is 0 Å². The lowest BCUT2D eigenvalue weighted by Crippen LogP contribution is -2.10. The molecular formula is C14H13N2O. The number of hydrogen-bond acceptors (Lipinski definition) is 3. The van der Waals surface area contributed by atoms with E-state index in [1.165, 1.54) is 0 Å². The first kappa shape index (κ1) is 11.5. The van der Waals surface area contributed by atoms with E-state index in [1.807, 2.05) is 24.3 Å². The molecule has 1 radical (unpaired) electrons. The van der Waals surface area contributed by atoms with Gasteiger partial charge in [0.25, 0.3) is 0 Å². The Morgan fingerprint density at radius 2 is 1.53 bits per heavy atom. The van der Waals surface area contributed by atoms with Crippen LogP contribution < -0.4 is 0 Å². The number of carbonyl (C=O) groups excluding carboxylic acids is 1. The second-order valence-corrected chi connectivity index (χ2v) is 3.95. The summed E-state index contributed by atoms with van der Waals surface area (Å²) in [6.07, 6.45) is 10.5. The van der Waals surface area contributed by atoms with Crippen molar-refractivity contribution < 1.29 is 4.79 Å². The van der Waals surface area contributed by atoms with Gasteiger partial charge in [-0.25, -0.2) is 0 Å². The molecule has 2 aromatic rings. The van der Waals surface area contributed by atoms with Crippen molar-refractivity contribution in [1.82, 2.24) is 9.97 Å². The van der Waals surface area contributed by atoms with Crippen LogP contribution in [0.5, 0.6) is 0 Å². The molecule has 2 aromatic heterocycles. The Labute approximate surface area is 101 Å². The van der Waals surface area contributed by atoms with Gasteiger partial charge in [0.1, 0.15) is 0 Å². The fraction of sp³-hybridized carbons (Fsp3) is 0.214. The summed E-state index contributed by atoms with van der Waals surface area (Å²) in [4.78, 5) is 19.0. The molecule has 0 atom stereocenters. The summed E-state index contributed by atoms with van der Waals surface area (Å²) in [7, 11) is 0. The zero-order valence-corrected chi connectivity index (χ0v) is 9.41. The Hall–Kier alpha value is -2.03. The molecule has 17 heavy (non-hydrogen) atoms. The van der Waals surface area contributed by atoms with Gasteiger partial charge in [0.15, 0.2) is 0 Å². The molecule has 0 aliphatic heterocycles. The third-order valence-corrected chi connectivity index (χ3v) is 2.58. The molecule has 0 aliphatic rings. The summed E-state index contributed by atoms with van der Waals surface area (Å²) in [6.45, 7) is 0. The van der Waals surface area contributed by atoms with Crippen LogP contribution in [0, 0.1) is 5.92 Å². The van der Waals surface area contributed by atoms with Crippen molar-refractivity contribution in [1.29, 1.82) is 0 Å². The lowest BCUT2D eigenvalue weighted by molar-refractivity contribution is 0.516. The monoisotopic (exact) mass is 225 g/mol. The second kappa shape index (κ2) is 5.89. The summed E-state index contributed by atoms with van der Waals surface area (Å²) < 4.78 is 0. The maximum absolute atomic E-state index is 10.9. The molecule has 0 spiro atoms. The SMILES string of the molecule is O=[C]C(Cc1cccnc1)Cc1cccnc1. The Morgan fingerprint density at radius 1 is 1.00 bits per heavy atom. The van der Waals surface area contributed by atoms with E-state index < -0.39 is 0 Å². The van der Waals surface area contributed by atoms with Gasteiger partial charge in [-0.3, -0.25) is 14.8 Å². The van der Waals surface area contributed by atoms with E-state index in [4.69, 9.17) is 0 Å². The average molecular weight is 225 g/mol. The maximum atomic E-state index is 10.9. The van der Waals surface area contributed by atoms with Gasteiger partial charge < -0.3 is 0 Å². The van der Waals surface area contributed by atoms with Crippen LogP contribution in [-0.2, 0) is 17.6 Å². The molecule has 0 fully saturated rings. The van der Waals surface area contributed by atoms with E-state index in [9.17, 15) is 4.79 Å². The largest absolute Gasteiger partial charge is 0.291 e. The zero-order valence-electron chi connectivity index (χ0n) is 9.41. The van der Waals surface area contributed by atoms with Crippen molar-refractivity contribution in [2.24, 2.45) is 5.92 Å². The Bertz CT molecular complexity index is 415. The van der Waals surface area contributed by atoms with E-state index in [1.54, 1.807) is 24.8 Å². The molecule has 2 rings (SSSR count). The highest BCUT2D eigenvalue weighted by molar-refractivity contribution is 5.56. The van der Waals surface area contributed by atoms with Gasteiger partial charge in [-0.1, -0.05) is 12.1 Å². The first-order valence-corrected chi connectivity index (χ1v) is 5.54. The minimum absolute atomic E-state index is 0.136. The fourth-order valence-electron chi connectivity index (χ4n) is 1.76. The van der Waals surface area contributed by atoms with Crippen molar-refractivity contribution in [3.63, 3.8) is 0 Å². The lowest BCUT2D eigenvalue weighted by atomic mass is 9.95. The van der Waals surface area contributed by atoms with E-state index in [2.05, 4.69) is 16.3 Å². The summed E-state index contributed by atoms with van der Waals surface area (Å²) in [5.41, 5.74) is 2.12. The van der Waals surface area contributed by atoms with Crippen molar-refractivity contribution in [2.45, 2.75) is 12.8 Å². The maximum Gasteiger partial charge on any atom is 0.202 e. The van der Waals surface area contributed by atoms with Crippen molar-refractivity contribution in [3.05, 3.63) is 60.2 Å². The molecule has 0 aliphatic carbocycles. The lowest BCUT2D eigenvalue weighted by Gasteiger charge is -2.08. The van der Waals surface area contributed by atoms with Crippen LogP contribution in [0.15, 0.2) is 49.1 Å². The molecule has 85 valence electrons. The van der Waals surface area contributed by atoms with Gasteiger partial charge in [0, 0.05) is 30.7 Å². The highest BCUT2D eigenvalue weighted by Crippen LogP contribution is 2.11. The standard InChI is InChI=1S/C14H13N2O/c17-11-14(7-12-3-1-5-15-9-12)8-13-4-2-6-16-10-13/h1-6,9-10,14H,7-8H2. The topological polar surface area (TPSA) is 42.9 Å². The van der Waals surface area contributed by atoms with Crippen molar-refractivity contribution in [3.8, 4) is 0 Å². The normalized spacial score (nSPS) is 10.4. The Morgan fingerprint density at radius 3 is 1.88 bits per heavy atom. The highest BCUT2D eigenvalue weighted by Gasteiger charge is 2.10. The third-order valence-electron chi connectivity index (χ3n) is 2.58. The molecule has 0 amide bonds. The molecule has 0 saturated carbocycles. The number of hydrogen-bond donors (Lipinski definition) is 0. The quantitative estimate of drug-likeness (QED) is 0.781. The van der Waals surface area contributed by atoms with Crippen LogP contribution in [0.1, 0.15) is 11.1 Å². The number of rotatable bonds is 5. The van der Waals surface area contributed by atoms with Gasteiger partial charge in [-0.15, -0.1) is 0 Å². The van der Waals surface area contributed by atoms with Crippen LogP contribution >= 0.6 is 0 Å². The molecule has 0 saturated heterocycles. The number of pyridine rings is 2. The molecule has 0 aromatic carbocycles. The smallest absolute Gasteiger partial charge is 0.202 e. The first-order valence-electron chi connectivity index (χ1n) is 5.54. The average Bonchev–Trinajstić information content (AvgIpc) is 2.40. The minimum Gasteiger partial charge on any atom is -0.291 e. The summed E-state index contributed by atoms with van der Waals surface area (Å²) in [5.74, 6) is -0.136. The summed E-state index contributed by atoms with van der Waals surface area (Å²) in [6, 6.07) is 7.70. The number of aromatic nitrogens is 2. The molecule has 0 bridgehead atoms. The van der Waals surface area contributed by atoms with Gasteiger partial charge in [-0.2, -0.15) is 0 Å². The van der Waals surface area contributed by atoms with E-state index in [-0.39, 0.29) is 5.92 Å². The molecule has 0 N–H and O–H groups in total. The van der Waals surface area contributed by atoms with E-state index >= 15 is 0 Å². The first-order chi connectivity index (χ1) is 8.38. The van der Waals surface area contributed by atoms with Crippen LogP contribution in [0.4, 0.5) is 0 Å². The van der Waals surface area contributed by atoms with Gasteiger partial charge in [0.05, 0.1) is 0 Å². The molecule has 0 unspecified atom stereocenters. The Kier molecular flexibility index (Phi) is 3.97. The van der Waals surface area contributed by atoms with E-state index in [0.29, 0.717) is 12.8 Å². The van der Waals surface area contributed by atoms with Gasteiger partial charge in [-0.05, 0) is 36.1 Å². The second-order valence-electron chi connectivity index (χ2n) is 3.95. The van der Waals surface area contributed by atoms with Crippen LogP contribution in [-0.4, -0.2) is 16.3 Å². The zero-order chi connectivity index (χ0) is 11.9. The molecule has 3 nitrogen and oxygen atoms in total.